The lowest BCUT2D eigenvalue weighted by Crippen LogP contribution is -2.52. The van der Waals surface area contributed by atoms with Gasteiger partial charge in [0.15, 0.2) is 5.43 Å². The molecule has 2 amide bonds. The van der Waals surface area contributed by atoms with E-state index in [1.807, 2.05) is 13.8 Å². The van der Waals surface area contributed by atoms with Gasteiger partial charge in [0.1, 0.15) is 28.5 Å². The summed E-state index contributed by atoms with van der Waals surface area (Å²) >= 11 is 0. The summed E-state index contributed by atoms with van der Waals surface area (Å²) in [5.74, 6) is -2.41. The number of pyridine rings is 1. The molecule has 2 bridgehead atoms. The molecule has 180 valence electrons. The van der Waals surface area contributed by atoms with Crippen molar-refractivity contribution in [3.8, 4) is 0 Å². The molecule has 4 unspecified atom stereocenters. The number of halogens is 2. The van der Waals surface area contributed by atoms with E-state index in [0.717, 1.165) is 6.07 Å². The summed E-state index contributed by atoms with van der Waals surface area (Å²) in [6.07, 6.45) is 3.33. The molecule has 4 atom stereocenters. The van der Waals surface area contributed by atoms with Crippen LogP contribution in [0.1, 0.15) is 65.6 Å². The van der Waals surface area contributed by atoms with Crippen LogP contribution in [0, 0.1) is 11.6 Å². The third-order valence-corrected chi connectivity index (χ3v) is 7.44. The number of hydroxylamine groups is 1. The molecule has 0 radical (unpaired) electrons. The summed E-state index contributed by atoms with van der Waals surface area (Å²) in [5, 5.41) is 0. The smallest absolute Gasteiger partial charge is 0.270 e. The molecular formula is C24H26F2N4O4. The number of nitrogens with one attached hydrogen (secondary N) is 1. The van der Waals surface area contributed by atoms with E-state index >= 15 is 0 Å². The van der Waals surface area contributed by atoms with Crippen LogP contribution in [0.4, 0.5) is 8.78 Å². The fourth-order valence-electron chi connectivity index (χ4n) is 5.71. The average Bonchev–Trinajstić information content (AvgIpc) is 3.05. The summed E-state index contributed by atoms with van der Waals surface area (Å²) in [5.41, 5.74) is 6.77. The fourth-order valence-corrected chi connectivity index (χ4v) is 5.71. The fraction of sp³-hybridized carbons (Fsp3) is 0.458. The van der Waals surface area contributed by atoms with Crippen molar-refractivity contribution in [2.45, 2.75) is 62.8 Å². The molecular weight excluding hydrogens is 446 g/mol. The third kappa shape index (κ3) is 3.52. The van der Waals surface area contributed by atoms with Gasteiger partial charge in [-0.15, -0.1) is 0 Å². The molecule has 3 N–H and O–H groups in total. The summed E-state index contributed by atoms with van der Waals surface area (Å²) in [7, 11) is 0. The second kappa shape index (κ2) is 7.71. The number of rotatable bonds is 3. The molecule has 3 aliphatic heterocycles. The largest absolute Gasteiger partial charge is 0.365 e. The number of amides is 2. The maximum absolute atomic E-state index is 14.4. The van der Waals surface area contributed by atoms with Crippen LogP contribution < -0.4 is 16.6 Å². The molecule has 34 heavy (non-hydrogen) atoms. The number of aromatic nitrogens is 1. The van der Waals surface area contributed by atoms with E-state index in [4.69, 9.17) is 10.6 Å². The van der Waals surface area contributed by atoms with E-state index in [-0.39, 0.29) is 29.6 Å². The number of nitrogens with zero attached hydrogens (tertiary/aromatic N) is 2. The summed E-state index contributed by atoms with van der Waals surface area (Å²) in [4.78, 5) is 45.5. The van der Waals surface area contributed by atoms with Gasteiger partial charge in [0, 0.05) is 42.9 Å². The number of nitrogens with two attached hydrogens (primary N) is 1. The Kier molecular flexibility index (Phi) is 5.14. The van der Waals surface area contributed by atoms with Crippen LogP contribution in [-0.4, -0.2) is 45.0 Å². The van der Waals surface area contributed by atoms with Gasteiger partial charge in [-0.1, -0.05) is 6.07 Å². The quantitative estimate of drug-likeness (QED) is 0.712. The predicted octanol–water partition coefficient (Wildman–Crippen LogP) is 2.07. The molecule has 0 saturated carbocycles. The highest BCUT2D eigenvalue weighted by molar-refractivity contribution is 5.96. The van der Waals surface area contributed by atoms with Crippen molar-refractivity contribution in [2.75, 3.05) is 6.54 Å². The van der Waals surface area contributed by atoms with Crippen LogP contribution in [0.25, 0.3) is 0 Å². The number of fused-ring (bicyclic) bond motifs is 5. The molecule has 8 nitrogen and oxygen atoms in total. The van der Waals surface area contributed by atoms with Crippen LogP contribution >= 0.6 is 0 Å². The monoisotopic (exact) mass is 472 g/mol. The Morgan fingerprint density at radius 3 is 2.76 bits per heavy atom. The first-order valence-electron chi connectivity index (χ1n) is 11.3. The van der Waals surface area contributed by atoms with Gasteiger partial charge in [0.25, 0.3) is 11.8 Å². The van der Waals surface area contributed by atoms with Gasteiger partial charge in [-0.05, 0) is 44.7 Å². The highest BCUT2D eigenvalue weighted by atomic mass is 19.1. The van der Waals surface area contributed by atoms with E-state index in [2.05, 4.69) is 5.48 Å². The minimum absolute atomic E-state index is 0.0842. The number of benzene rings is 1. The number of hydrogen-bond acceptors (Lipinski definition) is 5. The van der Waals surface area contributed by atoms with Crippen molar-refractivity contribution in [1.29, 1.82) is 0 Å². The molecule has 2 fully saturated rings. The van der Waals surface area contributed by atoms with E-state index < -0.39 is 40.2 Å². The summed E-state index contributed by atoms with van der Waals surface area (Å²) < 4.78 is 29.4. The van der Waals surface area contributed by atoms with Gasteiger partial charge >= 0.3 is 0 Å². The van der Waals surface area contributed by atoms with Crippen molar-refractivity contribution in [3.63, 3.8) is 0 Å². The van der Waals surface area contributed by atoms with Gasteiger partial charge in [-0.3, -0.25) is 19.2 Å². The molecule has 0 aliphatic carbocycles. The van der Waals surface area contributed by atoms with Crippen molar-refractivity contribution in [2.24, 2.45) is 5.73 Å². The Morgan fingerprint density at radius 1 is 1.29 bits per heavy atom. The summed E-state index contributed by atoms with van der Waals surface area (Å²) in [6.45, 7) is 4.19. The van der Waals surface area contributed by atoms with Gasteiger partial charge in [-0.25, -0.2) is 8.78 Å². The molecule has 4 heterocycles. The molecule has 3 aliphatic rings. The van der Waals surface area contributed by atoms with Gasteiger partial charge in [-0.2, -0.15) is 5.48 Å². The molecule has 2 aromatic rings. The highest BCUT2D eigenvalue weighted by Crippen LogP contribution is 2.48. The minimum Gasteiger partial charge on any atom is -0.365 e. The van der Waals surface area contributed by atoms with Crippen LogP contribution in [0.2, 0.25) is 0 Å². The minimum atomic E-state index is -0.867. The van der Waals surface area contributed by atoms with Crippen LogP contribution in [-0.2, 0) is 11.3 Å². The SMILES string of the molecule is CC1CCC2(CC(C)(Cc3ccc(F)cc3F)NO2)C2CN1C(=O)c1cc(=O)c(C(N)=O)cn12. The standard InChI is InChI=1S/C24H26F2N4O4/c1-13-5-6-24(12-23(2,28-34-24)9-14-3-4-15(25)7-17(14)26)20-11-29(13)22(33)18-8-19(31)16(21(27)32)10-30(18)20/h3-4,7-8,10,13,20,28H,5-6,9,11-12H2,1-2H3,(H2,27,32). The first-order chi connectivity index (χ1) is 16.0. The molecule has 2 saturated heterocycles. The van der Waals surface area contributed by atoms with Crippen LogP contribution in [0.3, 0.4) is 0 Å². The molecule has 10 heteroatoms. The number of primary amides is 1. The predicted molar refractivity (Wildman–Crippen MR) is 118 cm³/mol. The van der Waals surface area contributed by atoms with Crippen LogP contribution in [0.15, 0.2) is 35.3 Å². The molecule has 5 rings (SSSR count). The highest BCUT2D eigenvalue weighted by Gasteiger charge is 2.56. The zero-order valence-corrected chi connectivity index (χ0v) is 18.9. The van der Waals surface area contributed by atoms with Crippen molar-refractivity contribution in [3.05, 3.63) is 69.1 Å². The second-order valence-corrected chi connectivity index (χ2v) is 9.99. The van der Waals surface area contributed by atoms with E-state index in [0.29, 0.717) is 31.4 Å². The third-order valence-electron chi connectivity index (χ3n) is 7.44. The normalized spacial score (nSPS) is 30.4. The van der Waals surface area contributed by atoms with E-state index in [9.17, 15) is 23.2 Å². The van der Waals surface area contributed by atoms with Crippen molar-refractivity contribution >= 4 is 11.8 Å². The Hall–Kier alpha value is -3.11. The second-order valence-electron chi connectivity index (χ2n) is 9.99. The topological polar surface area (TPSA) is 107 Å². The molecule has 1 aromatic heterocycles. The lowest BCUT2D eigenvalue weighted by atomic mass is 9.77. The van der Waals surface area contributed by atoms with Crippen molar-refractivity contribution in [1.82, 2.24) is 14.9 Å². The summed E-state index contributed by atoms with van der Waals surface area (Å²) in [6, 6.07) is 4.19. The van der Waals surface area contributed by atoms with Crippen LogP contribution in [0.5, 0.6) is 0 Å². The van der Waals surface area contributed by atoms with Crippen molar-refractivity contribution < 1.29 is 23.2 Å². The Labute approximate surface area is 194 Å². The van der Waals surface area contributed by atoms with E-state index in [1.54, 1.807) is 9.47 Å². The van der Waals surface area contributed by atoms with Gasteiger partial charge in [0.2, 0.25) is 0 Å². The number of hydrogen-bond donors (Lipinski definition) is 2. The first kappa shape index (κ1) is 22.7. The number of carbonyl (C=O) groups excluding carboxylic acids is 2. The first-order valence-corrected chi connectivity index (χ1v) is 11.3. The number of carbonyl (C=O) groups is 2. The Balaban J connectivity index is 1.56. The maximum Gasteiger partial charge on any atom is 0.270 e. The zero-order chi connectivity index (χ0) is 24.4. The lowest BCUT2D eigenvalue weighted by Gasteiger charge is -2.42. The maximum atomic E-state index is 14.4. The lowest BCUT2D eigenvalue weighted by molar-refractivity contribution is -0.0962. The molecule has 1 aromatic carbocycles. The van der Waals surface area contributed by atoms with Gasteiger partial charge in [0.05, 0.1) is 6.04 Å². The van der Waals surface area contributed by atoms with E-state index in [1.165, 1.54) is 24.4 Å². The molecule has 1 spiro atoms. The average molecular weight is 472 g/mol. The van der Waals surface area contributed by atoms with Gasteiger partial charge < -0.3 is 15.2 Å². The zero-order valence-electron chi connectivity index (χ0n) is 18.9. The Bertz CT molecular complexity index is 1260. The Morgan fingerprint density at radius 2 is 2.06 bits per heavy atom.